The van der Waals surface area contributed by atoms with Gasteiger partial charge in [0.2, 0.25) is 17.7 Å². The number of hydrogen-bond donors (Lipinski definition) is 5. The van der Waals surface area contributed by atoms with Gasteiger partial charge in [-0.3, -0.25) is 19.2 Å². The molecule has 11 heteroatoms. The summed E-state index contributed by atoms with van der Waals surface area (Å²) < 4.78 is 0. The molecular formula is C21H28N4O7. The number of carboxylic acids is 2. The van der Waals surface area contributed by atoms with Crippen molar-refractivity contribution in [3.63, 3.8) is 0 Å². The monoisotopic (exact) mass is 448 g/mol. The molecule has 0 aromatic heterocycles. The fourth-order valence-corrected chi connectivity index (χ4v) is 3.50. The Bertz CT molecular complexity index is 861. The van der Waals surface area contributed by atoms with E-state index in [4.69, 9.17) is 10.8 Å². The van der Waals surface area contributed by atoms with Crippen LogP contribution in [-0.2, 0) is 30.4 Å². The van der Waals surface area contributed by atoms with Crippen LogP contribution in [0.4, 0.5) is 0 Å². The highest BCUT2D eigenvalue weighted by molar-refractivity contribution is 5.94. The second-order valence-electron chi connectivity index (χ2n) is 7.71. The average Bonchev–Trinajstić information content (AvgIpc) is 3.23. The summed E-state index contributed by atoms with van der Waals surface area (Å²) in [5.41, 5.74) is 6.27. The molecule has 4 unspecified atom stereocenters. The molecule has 0 aliphatic carbocycles. The maximum atomic E-state index is 13.1. The molecule has 0 saturated carbocycles. The Morgan fingerprint density at radius 2 is 1.75 bits per heavy atom. The third kappa shape index (κ3) is 6.77. The first kappa shape index (κ1) is 24.8. The van der Waals surface area contributed by atoms with E-state index >= 15 is 0 Å². The SMILES string of the molecule is CC(NC(=O)C(N)CC(=O)O)C(=O)NC(Cc1ccccc1)C(=O)N1CCCC1C(=O)O. The summed E-state index contributed by atoms with van der Waals surface area (Å²) in [6.07, 6.45) is 0.415. The van der Waals surface area contributed by atoms with Crippen LogP contribution in [-0.4, -0.2) is 75.5 Å². The van der Waals surface area contributed by atoms with Gasteiger partial charge in [0.15, 0.2) is 0 Å². The molecule has 1 heterocycles. The van der Waals surface area contributed by atoms with E-state index < -0.39 is 60.2 Å². The summed E-state index contributed by atoms with van der Waals surface area (Å²) in [6.45, 7) is 1.65. The zero-order chi connectivity index (χ0) is 23.8. The van der Waals surface area contributed by atoms with Crippen LogP contribution in [0.5, 0.6) is 0 Å². The highest BCUT2D eigenvalue weighted by atomic mass is 16.4. The number of carboxylic acid groups (broad SMARTS) is 2. The van der Waals surface area contributed by atoms with Crippen molar-refractivity contribution in [1.82, 2.24) is 15.5 Å². The van der Waals surface area contributed by atoms with Gasteiger partial charge in [-0.1, -0.05) is 30.3 Å². The Morgan fingerprint density at radius 1 is 1.09 bits per heavy atom. The number of nitrogens with two attached hydrogens (primary N) is 1. The van der Waals surface area contributed by atoms with Crippen LogP contribution in [0.1, 0.15) is 31.7 Å². The molecule has 0 spiro atoms. The third-order valence-electron chi connectivity index (χ3n) is 5.20. The average molecular weight is 448 g/mol. The van der Waals surface area contributed by atoms with Crippen molar-refractivity contribution >= 4 is 29.7 Å². The first-order valence-electron chi connectivity index (χ1n) is 10.3. The lowest BCUT2D eigenvalue weighted by Crippen LogP contribution is -2.57. The number of amides is 3. The van der Waals surface area contributed by atoms with Crippen LogP contribution < -0.4 is 16.4 Å². The first-order valence-corrected chi connectivity index (χ1v) is 10.3. The van der Waals surface area contributed by atoms with Gasteiger partial charge < -0.3 is 31.5 Å². The molecule has 0 bridgehead atoms. The van der Waals surface area contributed by atoms with Crippen LogP contribution in [0.15, 0.2) is 30.3 Å². The van der Waals surface area contributed by atoms with E-state index in [1.807, 2.05) is 0 Å². The van der Waals surface area contributed by atoms with Gasteiger partial charge in [0.1, 0.15) is 18.1 Å². The third-order valence-corrected chi connectivity index (χ3v) is 5.20. The number of hydrogen-bond acceptors (Lipinski definition) is 6. The Hall–Kier alpha value is -3.47. The Balaban J connectivity index is 2.12. The summed E-state index contributed by atoms with van der Waals surface area (Å²) in [7, 11) is 0. The molecule has 1 saturated heterocycles. The summed E-state index contributed by atoms with van der Waals surface area (Å²) >= 11 is 0. The molecule has 32 heavy (non-hydrogen) atoms. The number of carbonyl (C=O) groups is 5. The smallest absolute Gasteiger partial charge is 0.326 e. The minimum atomic E-state index is -1.33. The Labute approximate surface area is 184 Å². The van der Waals surface area contributed by atoms with Crippen molar-refractivity contribution < 1.29 is 34.2 Å². The van der Waals surface area contributed by atoms with Crippen molar-refractivity contribution in [2.75, 3.05) is 6.54 Å². The quantitative estimate of drug-likeness (QED) is 0.305. The summed E-state index contributed by atoms with van der Waals surface area (Å²) in [5, 5.41) is 23.1. The van der Waals surface area contributed by atoms with Gasteiger partial charge in [-0.05, 0) is 25.3 Å². The topological polar surface area (TPSA) is 179 Å². The lowest BCUT2D eigenvalue weighted by Gasteiger charge is -2.28. The molecule has 0 radical (unpaired) electrons. The minimum absolute atomic E-state index is 0.132. The highest BCUT2D eigenvalue weighted by Gasteiger charge is 2.38. The largest absolute Gasteiger partial charge is 0.481 e. The van der Waals surface area contributed by atoms with E-state index in [-0.39, 0.29) is 13.0 Å². The van der Waals surface area contributed by atoms with Gasteiger partial charge >= 0.3 is 11.9 Å². The molecule has 174 valence electrons. The van der Waals surface area contributed by atoms with Crippen LogP contribution in [0.2, 0.25) is 0 Å². The normalized spacial score (nSPS) is 18.3. The molecule has 3 amide bonds. The maximum absolute atomic E-state index is 13.1. The van der Waals surface area contributed by atoms with E-state index in [0.717, 1.165) is 5.56 Å². The van der Waals surface area contributed by atoms with Crippen LogP contribution in [0, 0.1) is 0 Å². The van der Waals surface area contributed by atoms with Crippen LogP contribution >= 0.6 is 0 Å². The standard InChI is InChI=1S/C21H28N4O7/c1-12(23-19(29)14(22)11-17(26)27)18(28)24-15(10-13-6-3-2-4-7-13)20(30)25-9-5-8-16(25)21(31)32/h2-4,6-7,12,14-16H,5,8-11,22H2,1H3,(H,23,29)(H,24,28)(H,26,27)(H,31,32). The molecule has 2 rings (SSSR count). The Morgan fingerprint density at radius 3 is 2.34 bits per heavy atom. The molecule has 6 N–H and O–H groups in total. The predicted molar refractivity (Wildman–Crippen MR) is 112 cm³/mol. The fourth-order valence-electron chi connectivity index (χ4n) is 3.50. The van der Waals surface area contributed by atoms with E-state index in [1.165, 1.54) is 11.8 Å². The summed E-state index contributed by atoms with van der Waals surface area (Å²) in [5.74, 6) is -4.37. The van der Waals surface area contributed by atoms with Gasteiger partial charge in [-0.15, -0.1) is 0 Å². The molecule has 1 aliphatic heterocycles. The highest BCUT2D eigenvalue weighted by Crippen LogP contribution is 2.19. The predicted octanol–water partition coefficient (Wildman–Crippen LogP) is -0.904. The molecule has 1 fully saturated rings. The van der Waals surface area contributed by atoms with E-state index in [9.17, 15) is 29.1 Å². The number of rotatable bonds is 10. The molecular weight excluding hydrogens is 420 g/mol. The van der Waals surface area contributed by atoms with Crippen molar-refractivity contribution in [3.8, 4) is 0 Å². The van der Waals surface area contributed by atoms with E-state index in [1.54, 1.807) is 30.3 Å². The molecule has 11 nitrogen and oxygen atoms in total. The number of likely N-dealkylation sites (tertiary alicyclic amines) is 1. The molecule has 1 aromatic rings. The van der Waals surface area contributed by atoms with Crippen LogP contribution in [0.3, 0.4) is 0 Å². The number of carbonyl (C=O) groups excluding carboxylic acids is 3. The second-order valence-corrected chi connectivity index (χ2v) is 7.71. The van der Waals surface area contributed by atoms with Gasteiger partial charge in [-0.25, -0.2) is 4.79 Å². The first-order chi connectivity index (χ1) is 15.1. The summed E-state index contributed by atoms with van der Waals surface area (Å²) in [4.78, 5) is 61.3. The second kappa shape index (κ2) is 11.2. The number of nitrogens with zero attached hydrogens (tertiary/aromatic N) is 1. The van der Waals surface area contributed by atoms with Gasteiger partial charge in [-0.2, -0.15) is 0 Å². The van der Waals surface area contributed by atoms with Crippen molar-refractivity contribution in [2.45, 2.75) is 56.8 Å². The van der Waals surface area contributed by atoms with Crippen molar-refractivity contribution in [3.05, 3.63) is 35.9 Å². The maximum Gasteiger partial charge on any atom is 0.326 e. The van der Waals surface area contributed by atoms with Crippen molar-refractivity contribution in [2.24, 2.45) is 5.73 Å². The van der Waals surface area contributed by atoms with E-state index in [2.05, 4.69) is 10.6 Å². The van der Waals surface area contributed by atoms with Gasteiger partial charge in [0.05, 0.1) is 12.5 Å². The molecule has 4 atom stereocenters. The summed E-state index contributed by atoms with van der Waals surface area (Å²) in [6, 6.07) is 4.50. The number of aliphatic carboxylic acids is 2. The minimum Gasteiger partial charge on any atom is -0.481 e. The van der Waals surface area contributed by atoms with Gasteiger partial charge in [0, 0.05) is 13.0 Å². The number of benzene rings is 1. The fraction of sp³-hybridized carbons (Fsp3) is 0.476. The lowest BCUT2D eigenvalue weighted by atomic mass is 10.0. The zero-order valence-electron chi connectivity index (χ0n) is 17.7. The van der Waals surface area contributed by atoms with Gasteiger partial charge in [0.25, 0.3) is 0 Å². The lowest BCUT2D eigenvalue weighted by molar-refractivity contribution is -0.149. The molecule has 1 aromatic carbocycles. The zero-order valence-corrected chi connectivity index (χ0v) is 17.7. The Kier molecular flexibility index (Phi) is 8.71. The van der Waals surface area contributed by atoms with Crippen LogP contribution in [0.25, 0.3) is 0 Å². The van der Waals surface area contributed by atoms with E-state index in [0.29, 0.717) is 12.8 Å². The molecule has 1 aliphatic rings. The van der Waals surface area contributed by atoms with Crippen molar-refractivity contribution in [1.29, 1.82) is 0 Å². The number of nitrogens with one attached hydrogen (secondary N) is 2.